The molecule has 0 saturated carbocycles. The van der Waals surface area contributed by atoms with Gasteiger partial charge in [0.05, 0.1) is 19.3 Å². The number of methoxy groups -OCH3 is 1. The zero-order valence-corrected chi connectivity index (χ0v) is 25.3. The number of fused-ring (bicyclic) bond motifs is 1. The summed E-state index contributed by atoms with van der Waals surface area (Å²) in [6.07, 6.45) is 1.33. The van der Waals surface area contributed by atoms with Crippen LogP contribution in [-0.4, -0.2) is 58.3 Å². The minimum absolute atomic E-state index is 0.0463. The fourth-order valence-electron chi connectivity index (χ4n) is 4.48. The number of carbonyl (C=O) groups excluding carboxylic acids is 3. The van der Waals surface area contributed by atoms with Gasteiger partial charge in [-0.05, 0) is 63.9 Å². The van der Waals surface area contributed by atoms with Gasteiger partial charge >= 0.3 is 11.9 Å². The van der Waals surface area contributed by atoms with Gasteiger partial charge in [-0.3, -0.25) is 9.59 Å². The van der Waals surface area contributed by atoms with Gasteiger partial charge in [0.15, 0.2) is 5.82 Å². The Hall–Kier alpha value is -4.93. The van der Waals surface area contributed by atoms with Crippen LogP contribution in [0.15, 0.2) is 60.9 Å². The molecule has 0 spiro atoms. The molecule has 0 fully saturated rings. The summed E-state index contributed by atoms with van der Waals surface area (Å²) in [5.74, 6) is -0.660. The average molecular weight is 588 g/mol. The van der Waals surface area contributed by atoms with E-state index < -0.39 is 23.4 Å². The van der Waals surface area contributed by atoms with Crippen LogP contribution in [0.4, 0.5) is 5.82 Å². The number of benzene rings is 2. The van der Waals surface area contributed by atoms with Crippen LogP contribution in [0.3, 0.4) is 0 Å². The topological polar surface area (TPSA) is 124 Å². The fraction of sp³-hybridized carbons (Fsp3) is 0.344. The number of aromatic nitrogens is 3. The molecule has 11 nitrogen and oxygen atoms in total. The van der Waals surface area contributed by atoms with Gasteiger partial charge in [0.1, 0.15) is 35.4 Å². The smallest absolute Gasteiger partial charge is 0.340 e. The van der Waals surface area contributed by atoms with Crippen LogP contribution in [-0.2, 0) is 27.4 Å². The van der Waals surface area contributed by atoms with Crippen LogP contribution < -0.4 is 15.0 Å². The molecule has 0 unspecified atom stereocenters. The second-order valence-electron chi connectivity index (χ2n) is 11.0. The summed E-state index contributed by atoms with van der Waals surface area (Å²) in [5.41, 5.74) is 2.92. The number of ether oxygens (including phenoxy) is 3. The lowest BCUT2D eigenvalue weighted by Gasteiger charge is -2.25. The van der Waals surface area contributed by atoms with Gasteiger partial charge < -0.3 is 24.4 Å². The van der Waals surface area contributed by atoms with Crippen LogP contribution in [0.2, 0.25) is 0 Å². The third kappa shape index (κ3) is 7.88. The number of hydrogen-bond acceptors (Lipinski definition) is 9. The molecule has 0 aliphatic heterocycles. The predicted octanol–water partition coefficient (Wildman–Crippen LogP) is 4.50. The number of esters is 2. The van der Waals surface area contributed by atoms with Crippen LogP contribution in [0, 0.1) is 6.92 Å². The maximum atomic E-state index is 13.3. The molecular weight excluding hydrogens is 550 g/mol. The van der Waals surface area contributed by atoms with Gasteiger partial charge in [-0.2, -0.15) is 5.10 Å². The Morgan fingerprint density at radius 3 is 2.19 bits per heavy atom. The first-order valence-corrected chi connectivity index (χ1v) is 14.0. The predicted molar refractivity (Wildman–Crippen MR) is 161 cm³/mol. The Bertz CT molecular complexity index is 1590. The summed E-state index contributed by atoms with van der Waals surface area (Å²) < 4.78 is 17.3. The van der Waals surface area contributed by atoms with Crippen molar-refractivity contribution in [3.05, 3.63) is 88.9 Å². The SMILES string of the molecule is CCOC(=O)c1cc(C(=O)NCC(=O)OC(C)(C)C)n2ncnc(N(Cc3ccc(C)cc3)Cc3ccc(OC)cc3)c12. The zero-order chi connectivity index (χ0) is 31.1. The molecule has 226 valence electrons. The van der Waals surface area contributed by atoms with Crippen molar-refractivity contribution in [1.82, 2.24) is 19.9 Å². The van der Waals surface area contributed by atoms with E-state index in [2.05, 4.69) is 15.4 Å². The monoisotopic (exact) mass is 587 g/mol. The third-order valence-corrected chi connectivity index (χ3v) is 6.40. The van der Waals surface area contributed by atoms with Gasteiger partial charge in [0.25, 0.3) is 5.91 Å². The number of rotatable bonds is 11. The van der Waals surface area contributed by atoms with Crippen LogP contribution in [0.5, 0.6) is 5.75 Å². The molecule has 0 aliphatic carbocycles. The fourth-order valence-corrected chi connectivity index (χ4v) is 4.48. The van der Waals surface area contributed by atoms with E-state index in [4.69, 9.17) is 14.2 Å². The number of anilines is 1. The lowest BCUT2D eigenvalue weighted by Crippen LogP contribution is -2.35. The van der Waals surface area contributed by atoms with E-state index in [-0.39, 0.29) is 24.4 Å². The highest BCUT2D eigenvalue weighted by atomic mass is 16.6. The molecule has 0 radical (unpaired) electrons. The summed E-state index contributed by atoms with van der Waals surface area (Å²) in [6, 6.07) is 17.2. The summed E-state index contributed by atoms with van der Waals surface area (Å²) in [4.78, 5) is 45.3. The van der Waals surface area contributed by atoms with Gasteiger partial charge in [0.2, 0.25) is 0 Å². The van der Waals surface area contributed by atoms with Gasteiger partial charge in [-0.25, -0.2) is 14.3 Å². The molecular formula is C32H37N5O6. The Morgan fingerprint density at radius 2 is 1.60 bits per heavy atom. The van der Waals surface area contributed by atoms with E-state index in [1.807, 2.05) is 60.4 Å². The van der Waals surface area contributed by atoms with Crippen molar-refractivity contribution in [2.24, 2.45) is 0 Å². The van der Waals surface area contributed by atoms with Crippen LogP contribution in [0.25, 0.3) is 5.52 Å². The lowest BCUT2D eigenvalue weighted by atomic mass is 10.1. The minimum atomic E-state index is -0.701. The molecule has 2 aromatic carbocycles. The van der Waals surface area contributed by atoms with Crippen molar-refractivity contribution in [3.8, 4) is 5.75 Å². The first kappa shape index (κ1) is 31.0. The average Bonchev–Trinajstić information content (AvgIpc) is 3.37. The number of nitrogens with one attached hydrogen (secondary N) is 1. The third-order valence-electron chi connectivity index (χ3n) is 6.40. The highest BCUT2D eigenvalue weighted by molar-refractivity contribution is 6.05. The number of hydrogen-bond donors (Lipinski definition) is 1. The molecule has 1 amide bonds. The Kier molecular flexibility index (Phi) is 9.64. The van der Waals surface area contributed by atoms with Crippen molar-refractivity contribution < 1.29 is 28.6 Å². The summed E-state index contributed by atoms with van der Waals surface area (Å²) in [6.45, 7) is 9.61. The number of amides is 1. The van der Waals surface area contributed by atoms with Crippen LogP contribution >= 0.6 is 0 Å². The maximum absolute atomic E-state index is 13.3. The Balaban J connectivity index is 1.78. The van der Waals surface area contributed by atoms with E-state index in [1.54, 1.807) is 34.8 Å². The molecule has 4 rings (SSSR count). The molecule has 2 aromatic heterocycles. The van der Waals surface area contributed by atoms with Crippen molar-refractivity contribution in [2.45, 2.75) is 53.3 Å². The summed E-state index contributed by atoms with van der Waals surface area (Å²) >= 11 is 0. The van der Waals surface area contributed by atoms with Gasteiger partial charge in [-0.1, -0.05) is 42.0 Å². The van der Waals surface area contributed by atoms with Gasteiger partial charge in [0, 0.05) is 13.1 Å². The number of carbonyl (C=O) groups is 3. The molecule has 0 bridgehead atoms. The normalized spacial score (nSPS) is 11.2. The lowest BCUT2D eigenvalue weighted by molar-refractivity contribution is -0.153. The van der Waals surface area contributed by atoms with E-state index in [0.717, 1.165) is 22.4 Å². The van der Waals surface area contributed by atoms with Gasteiger partial charge in [-0.15, -0.1) is 0 Å². The first-order chi connectivity index (χ1) is 20.5. The van der Waals surface area contributed by atoms with Crippen LogP contribution in [0.1, 0.15) is 65.2 Å². The molecule has 0 atom stereocenters. The van der Waals surface area contributed by atoms with E-state index >= 15 is 0 Å². The molecule has 11 heteroatoms. The Morgan fingerprint density at radius 1 is 0.977 bits per heavy atom. The molecule has 43 heavy (non-hydrogen) atoms. The molecule has 4 aromatic rings. The van der Waals surface area contributed by atoms with Crippen molar-refractivity contribution in [2.75, 3.05) is 25.2 Å². The largest absolute Gasteiger partial charge is 0.497 e. The molecule has 1 N–H and O–H groups in total. The first-order valence-electron chi connectivity index (χ1n) is 14.0. The second kappa shape index (κ2) is 13.4. The minimum Gasteiger partial charge on any atom is -0.497 e. The Labute approximate surface area is 250 Å². The molecule has 0 aliphatic rings. The molecule has 0 saturated heterocycles. The highest BCUT2D eigenvalue weighted by Gasteiger charge is 2.27. The zero-order valence-electron chi connectivity index (χ0n) is 25.3. The number of nitrogens with zero attached hydrogens (tertiary/aromatic N) is 4. The van der Waals surface area contributed by atoms with Crippen molar-refractivity contribution in [3.63, 3.8) is 0 Å². The van der Waals surface area contributed by atoms with E-state index in [9.17, 15) is 14.4 Å². The second-order valence-corrected chi connectivity index (χ2v) is 11.0. The standard InChI is InChI=1S/C32H37N5O6/c1-7-42-31(40)25-16-26(30(39)33-17-27(38)43-32(3,4)5)37-28(25)29(34-20-35-37)36(18-22-10-8-21(2)9-11-22)19-23-12-14-24(41-6)15-13-23/h8-16,20H,7,17-19H2,1-6H3,(H,33,39). The van der Waals surface area contributed by atoms with Crippen molar-refractivity contribution in [1.29, 1.82) is 0 Å². The quantitative estimate of drug-likeness (QED) is 0.253. The maximum Gasteiger partial charge on any atom is 0.340 e. The van der Waals surface area contributed by atoms with Crippen molar-refractivity contribution >= 4 is 29.2 Å². The highest BCUT2D eigenvalue weighted by Crippen LogP contribution is 2.29. The summed E-state index contributed by atoms with van der Waals surface area (Å²) in [7, 11) is 1.61. The number of aryl methyl sites for hydroxylation is 1. The molecule has 2 heterocycles. The van der Waals surface area contributed by atoms with E-state index in [0.29, 0.717) is 24.4 Å². The summed E-state index contributed by atoms with van der Waals surface area (Å²) in [5, 5.41) is 6.89. The van der Waals surface area contributed by atoms with E-state index in [1.165, 1.54) is 16.9 Å².